The maximum absolute atomic E-state index is 12.6. The van der Waals surface area contributed by atoms with Crippen molar-refractivity contribution in [3.05, 3.63) is 29.8 Å². The summed E-state index contributed by atoms with van der Waals surface area (Å²) < 4.78 is 5.69. The minimum absolute atomic E-state index is 0.0342. The van der Waals surface area contributed by atoms with Gasteiger partial charge in [-0.25, -0.2) is 0 Å². The zero-order chi connectivity index (χ0) is 19.8. The molecule has 0 radical (unpaired) electrons. The van der Waals surface area contributed by atoms with E-state index in [1.807, 2.05) is 9.80 Å². The predicted molar refractivity (Wildman–Crippen MR) is 108 cm³/mol. The number of nitrogens with zero attached hydrogens (tertiary/aromatic N) is 2. The highest BCUT2D eigenvalue weighted by molar-refractivity contribution is 5.94. The molecule has 1 fully saturated rings. The molecule has 1 aliphatic rings. The summed E-state index contributed by atoms with van der Waals surface area (Å²) >= 11 is 0. The topological polar surface area (TPSA) is 49.9 Å². The summed E-state index contributed by atoms with van der Waals surface area (Å²) in [5.74, 6) is 0.707. The molecule has 2 unspecified atom stereocenters. The predicted octanol–water partition coefficient (Wildman–Crippen LogP) is 4.12. The molecule has 27 heavy (non-hydrogen) atoms. The van der Waals surface area contributed by atoms with Crippen molar-refractivity contribution < 1.29 is 14.3 Å². The zero-order valence-electron chi connectivity index (χ0n) is 17.2. The van der Waals surface area contributed by atoms with Crippen molar-refractivity contribution >= 4 is 11.8 Å². The Morgan fingerprint density at radius 1 is 1.04 bits per heavy atom. The second kappa shape index (κ2) is 10.3. The fraction of sp³-hybridized carbons (Fsp3) is 0.636. The van der Waals surface area contributed by atoms with Crippen molar-refractivity contribution in [2.45, 2.75) is 71.9 Å². The van der Waals surface area contributed by atoms with Gasteiger partial charge in [-0.3, -0.25) is 9.59 Å². The van der Waals surface area contributed by atoms with Gasteiger partial charge in [-0.05, 0) is 70.2 Å². The van der Waals surface area contributed by atoms with Crippen molar-refractivity contribution in [3.63, 3.8) is 0 Å². The number of rotatable bonds is 8. The molecule has 0 aliphatic carbocycles. The molecule has 2 amide bonds. The van der Waals surface area contributed by atoms with Crippen LogP contribution >= 0.6 is 0 Å². The highest BCUT2D eigenvalue weighted by Gasteiger charge is 2.29. The van der Waals surface area contributed by atoms with E-state index in [-0.39, 0.29) is 30.5 Å². The van der Waals surface area contributed by atoms with Crippen LogP contribution in [0.3, 0.4) is 0 Å². The number of hydrogen-bond donors (Lipinski definition) is 0. The Balaban J connectivity index is 1.93. The van der Waals surface area contributed by atoms with Crippen LogP contribution in [-0.2, 0) is 4.79 Å². The van der Waals surface area contributed by atoms with Crippen molar-refractivity contribution in [2.24, 2.45) is 0 Å². The lowest BCUT2D eigenvalue weighted by molar-refractivity contribution is -0.139. The quantitative estimate of drug-likeness (QED) is 0.688. The van der Waals surface area contributed by atoms with E-state index >= 15 is 0 Å². The SMILES string of the molecule is CCCN(CCC)C(=O)c1ccc(OCC(=O)N2C(C)CCCC2C)cc1. The van der Waals surface area contributed by atoms with E-state index in [4.69, 9.17) is 4.74 Å². The van der Waals surface area contributed by atoms with Gasteiger partial charge in [-0.1, -0.05) is 13.8 Å². The van der Waals surface area contributed by atoms with Gasteiger partial charge in [0.1, 0.15) is 5.75 Å². The third-order valence-corrected chi connectivity index (χ3v) is 5.22. The first-order valence-electron chi connectivity index (χ1n) is 10.3. The van der Waals surface area contributed by atoms with Crippen molar-refractivity contribution in [1.82, 2.24) is 9.80 Å². The minimum atomic E-state index is 0.0342. The van der Waals surface area contributed by atoms with Gasteiger partial charge < -0.3 is 14.5 Å². The van der Waals surface area contributed by atoms with Crippen molar-refractivity contribution in [2.75, 3.05) is 19.7 Å². The molecule has 2 atom stereocenters. The number of hydrogen-bond acceptors (Lipinski definition) is 3. The number of ether oxygens (including phenoxy) is 1. The third kappa shape index (κ3) is 5.72. The molecule has 0 bridgehead atoms. The summed E-state index contributed by atoms with van der Waals surface area (Å²) in [6, 6.07) is 7.67. The van der Waals surface area contributed by atoms with Crippen LogP contribution in [0.5, 0.6) is 5.75 Å². The lowest BCUT2D eigenvalue weighted by atomic mass is 9.97. The number of carbonyl (C=O) groups excluding carboxylic acids is 2. The second-order valence-corrected chi connectivity index (χ2v) is 7.54. The zero-order valence-corrected chi connectivity index (χ0v) is 17.2. The fourth-order valence-corrected chi connectivity index (χ4v) is 3.86. The average Bonchev–Trinajstić information content (AvgIpc) is 2.66. The molecule has 150 valence electrons. The molecule has 0 saturated carbocycles. The highest BCUT2D eigenvalue weighted by atomic mass is 16.5. The average molecular weight is 375 g/mol. The Hall–Kier alpha value is -2.04. The summed E-state index contributed by atoms with van der Waals surface area (Å²) in [5, 5.41) is 0. The third-order valence-electron chi connectivity index (χ3n) is 5.22. The van der Waals surface area contributed by atoms with Gasteiger partial charge in [0.25, 0.3) is 11.8 Å². The fourth-order valence-electron chi connectivity index (χ4n) is 3.86. The Bertz CT molecular complexity index is 598. The molecule has 0 N–H and O–H groups in total. The Morgan fingerprint density at radius 2 is 1.59 bits per heavy atom. The molecule has 1 aromatic rings. The number of carbonyl (C=O) groups is 2. The van der Waals surface area contributed by atoms with Crippen molar-refractivity contribution in [3.8, 4) is 5.75 Å². The van der Waals surface area contributed by atoms with E-state index in [2.05, 4.69) is 27.7 Å². The summed E-state index contributed by atoms with van der Waals surface area (Å²) in [5.41, 5.74) is 0.661. The number of piperidine rings is 1. The Kier molecular flexibility index (Phi) is 8.14. The van der Waals surface area contributed by atoms with Crippen LogP contribution in [0.4, 0.5) is 0 Å². The molecule has 1 saturated heterocycles. The molecule has 0 spiro atoms. The molecule has 5 nitrogen and oxygen atoms in total. The van der Waals surface area contributed by atoms with Gasteiger partial charge in [0, 0.05) is 30.7 Å². The molecule has 0 aromatic heterocycles. The van der Waals surface area contributed by atoms with Gasteiger partial charge in [0.2, 0.25) is 0 Å². The molecule has 5 heteroatoms. The van der Waals surface area contributed by atoms with E-state index in [1.165, 1.54) is 6.42 Å². The van der Waals surface area contributed by atoms with Gasteiger partial charge >= 0.3 is 0 Å². The van der Waals surface area contributed by atoms with E-state index in [0.29, 0.717) is 11.3 Å². The standard InChI is InChI=1S/C22H34N2O3/c1-5-14-23(15-6-2)22(26)19-10-12-20(13-11-19)27-16-21(25)24-17(3)8-7-9-18(24)4/h10-13,17-18H,5-9,14-16H2,1-4H3. The first-order valence-corrected chi connectivity index (χ1v) is 10.3. The van der Waals surface area contributed by atoms with Gasteiger partial charge in [0.05, 0.1) is 0 Å². The van der Waals surface area contributed by atoms with Crippen LogP contribution in [0.25, 0.3) is 0 Å². The minimum Gasteiger partial charge on any atom is -0.484 e. The lowest BCUT2D eigenvalue weighted by Gasteiger charge is -2.38. The largest absolute Gasteiger partial charge is 0.484 e. The van der Waals surface area contributed by atoms with Crippen molar-refractivity contribution in [1.29, 1.82) is 0 Å². The Labute approximate surface area is 163 Å². The van der Waals surface area contributed by atoms with E-state index in [0.717, 1.165) is 38.8 Å². The molecular formula is C22H34N2O3. The van der Waals surface area contributed by atoms with E-state index < -0.39 is 0 Å². The molecule has 1 aliphatic heterocycles. The summed E-state index contributed by atoms with van der Waals surface area (Å²) in [6.45, 7) is 9.94. The molecule has 1 heterocycles. The van der Waals surface area contributed by atoms with Crippen LogP contribution in [0.15, 0.2) is 24.3 Å². The van der Waals surface area contributed by atoms with Crippen LogP contribution in [0.2, 0.25) is 0 Å². The molecule has 1 aromatic carbocycles. The normalized spacial score (nSPS) is 19.6. The number of likely N-dealkylation sites (tertiary alicyclic amines) is 1. The monoisotopic (exact) mass is 374 g/mol. The highest BCUT2D eigenvalue weighted by Crippen LogP contribution is 2.23. The first-order chi connectivity index (χ1) is 13.0. The van der Waals surface area contributed by atoms with Crippen LogP contribution in [0, 0.1) is 0 Å². The van der Waals surface area contributed by atoms with Crippen LogP contribution in [-0.4, -0.2) is 53.4 Å². The van der Waals surface area contributed by atoms with E-state index in [1.54, 1.807) is 24.3 Å². The maximum atomic E-state index is 12.6. The number of benzene rings is 1. The summed E-state index contributed by atoms with van der Waals surface area (Å²) in [4.78, 5) is 29.0. The maximum Gasteiger partial charge on any atom is 0.260 e. The number of amides is 2. The summed E-state index contributed by atoms with van der Waals surface area (Å²) in [6.07, 6.45) is 5.18. The summed E-state index contributed by atoms with van der Waals surface area (Å²) in [7, 11) is 0. The van der Waals surface area contributed by atoms with Gasteiger partial charge in [0.15, 0.2) is 6.61 Å². The van der Waals surface area contributed by atoms with Crippen LogP contribution < -0.4 is 4.74 Å². The van der Waals surface area contributed by atoms with Gasteiger partial charge in [-0.15, -0.1) is 0 Å². The molecular weight excluding hydrogens is 340 g/mol. The first kappa shape index (κ1) is 21.3. The Morgan fingerprint density at radius 3 is 2.11 bits per heavy atom. The smallest absolute Gasteiger partial charge is 0.260 e. The van der Waals surface area contributed by atoms with Crippen LogP contribution in [0.1, 0.15) is 70.2 Å². The lowest BCUT2D eigenvalue weighted by Crippen LogP contribution is -2.49. The van der Waals surface area contributed by atoms with E-state index in [9.17, 15) is 9.59 Å². The second-order valence-electron chi connectivity index (χ2n) is 7.54. The molecule has 2 rings (SSSR count). The van der Waals surface area contributed by atoms with Gasteiger partial charge in [-0.2, -0.15) is 0 Å².